The number of nitrogens with zero attached hydrogens (tertiary/aromatic N) is 1. The molecule has 0 unspecified atom stereocenters. The van der Waals surface area contributed by atoms with E-state index in [0.29, 0.717) is 5.41 Å². The van der Waals surface area contributed by atoms with Gasteiger partial charge in [-0.1, -0.05) is 26.8 Å². The molecule has 0 atom stereocenters. The van der Waals surface area contributed by atoms with Gasteiger partial charge >= 0.3 is 0 Å². The first-order valence-corrected chi connectivity index (χ1v) is 6.64. The first-order chi connectivity index (χ1) is 7.57. The van der Waals surface area contributed by atoms with E-state index in [0.717, 1.165) is 25.7 Å². The normalized spacial score (nSPS) is 16.8. The van der Waals surface area contributed by atoms with Crippen molar-refractivity contribution < 1.29 is 0 Å². The van der Waals surface area contributed by atoms with E-state index >= 15 is 0 Å². The van der Waals surface area contributed by atoms with Crippen LogP contribution in [0.4, 0.5) is 0 Å². The highest BCUT2D eigenvalue weighted by Crippen LogP contribution is 2.22. The fourth-order valence-electron chi connectivity index (χ4n) is 2.10. The van der Waals surface area contributed by atoms with Crippen molar-refractivity contribution in [2.45, 2.75) is 46.1 Å². The minimum atomic E-state index is 0.362. The highest BCUT2D eigenvalue weighted by molar-refractivity contribution is 4.86. The highest BCUT2D eigenvalue weighted by Gasteiger charge is 2.26. The maximum Gasteiger partial charge on any atom is 0.0160 e. The van der Waals surface area contributed by atoms with Crippen LogP contribution in [0.3, 0.4) is 0 Å². The number of nitrogens with one attached hydrogen (secondary N) is 1. The lowest BCUT2D eigenvalue weighted by Crippen LogP contribution is -2.41. The van der Waals surface area contributed by atoms with E-state index in [-0.39, 0.29) is 0 Å². The summed E-state index contributed by atoms with van der Waals surface area (Å²) in [5, 5.41) is 3.63. The van der Waals surface area contributed by atoms with Crippen LogP contribution in [0.5, 0.6) is 0 Å². The first-order valence-electron chi connectivity index (χ1n) is 6.64. The summed E-state index contributed by atoms with van der Waals surface area (Å²) in [6.45, 7) is 15.3. The maximum absolute atomic E-state index is 3.84. The quantitative estimate of drug-likeness (QED) is 0.606. The Morgan fingerprint density at radius 3 is 2.62 bits per heavy atom. The Hall–Kier alpha value is -0.340. The monoisotopic (exact) mass is 224 g/mol. The highest BCUT2D eigenvalue weighted by atomic mass is 15.1. The van der Waals surface area contributed by atoms with Crippen LogP contribution in [0.1, 0.15) is 40.0 Å². The average Bonchev–Trinajstić information content (AvgIpc) is 2.98. The fourth-order valence-corrected chi connectivity index (χ4v) is 2.10. The third-order valence-corrected chi connectivity index (χ3v) is 3.03. The predicted octanol–water partition coefficient (Wildman–Crippen LogP) is 2.66. The van der Waals surface area contributed by atoms with Crippen molar-refractivity contribution in [3.8, 4) is 0 Å². The molecule has 0 aromatic rings. The van der Waals surface area contributed by atoms with Gasteiger partial charge in [-0.3, -0.25) is 4.90 Å². The van der Waals surface area contributed by atoms with Gasteiger partial charge in [-0.2, -0.15) is 0 Å². The molecule has 1 aliphatic carbocycles. The topological polar surface area (TPSA) is 15.3 Å². The summed E-state index contributed by atoms with van der Waals surface area (Å²) in [6.07, 6.45) is 5.99. The molecule has 0 radical (unpaired) electrons. The lowest BCUT2D eigenvalue weighted by molar-refractivity contribution is 0.188. The van der Waals surface area contributed by atoms with Gasteiger partial charge in [-0.15, -0.1) is 6.58 Å². The summed E-state index contributed by atoms with van der Waals surface area (Å²) in [7, 11) is 0. The van der Waals surface area contributed by atoms with E-state index in [2.05, 4.69) is 37.6 Å². The third-order valence-electron chi connectivity index (χ3n) is 3.03. The van der Waals surface area contributed by atoms with Crippen molar-refractivity contribution in [2.75, 3.05) is 26.2 Å². The molecule has 1 N–H and O–H groups in total. The van der Waals surface area contributed by atoms with E-state index in [9.17, 15) is 0 Å². The summed E-state index contributed by atoms with van der Waals surface area (Å²) in [5.41, 5.74) is 0.362. The van der Waals surface area contributed by atoms with Gasteiger partial charge in [0.2, 0.25) is 0 Å². The number of hydrogen-bond donors (Lipinski definition) is 1. The van der Waals surface area contributed by atoms with Gasteiger partial charge in [-0.25, -0.2) is 0 Å². The number of rotatable bonds is 9. The fraction of sp³-hybridized carbons (Fsp3) is 0.857. The molecule has 0 amide bonds. The van der Waals surface area contributed by atoms with Crippen molar-refractivity contribution in [2.24, 2.45) is 5.41 Å². The molecule has 0 aliphatic heterocycles. The van der Waals surface area contributed by atoms with Gasteiger partial charge < -0.3 is 5.32 Å². The molecule has 94 valence electrons. The molecular formula is C14H28N2. The average molecular weight is 224 g/mol. The Labute approximate surface area is 101 Å². The Morgan fingerprint density at radius 2 is 2.12 bits per heavy atom. The van der Waals surface area contributed by atoms with E-state index < -0.39 is 0 Å². The molecular weight excluding hydrogens is 196 g/mol. The second kappa shape index (κ2) is 6.41. The van der Waals surface area contributed by atoms with Crippen LogP contribution in [-0.4, -0.2) is 37.1 Å². The molecule has 1 saturated carbocycles. The largest absolute Gasteiger partial charge is 0.313 e. The predicted molar refractivity (Wildman–Crippen MR) is 71.7 cm³/mol. The second-order valence-electron chi connectivity index (χ2n) is 5.84. The van der Waals surface area contributed by atoms with Gasteiger partial charge in [0.1, 0.15) is 0 Å². The molecule has 2 nitrogen and oxygen atoms in total. The lowest BCUT2D eigenvalue weighted by atomic mass is 9.92. The van der Waals surface area contributed by atoms with Crippen molar-refractivity contribution in [3.05, 3.63) is 12.7 Å². The van der Waals surface area contributed by atoms with Gasteiger partial charge in [0.05, 0.1) is 0 Å². The Morgan fingerprint density at radius 1 is 1.44 bits per heavy atom. The molecule has 1 fully saturated rings. The summed E-state index contributed by atoms with van der Waals surface area (Å²) in [5.74, 6) is 0. The smallest absolute Gasteiger partial charge is 0.0160 e. The van der Waals surface area contributed by atoms with Crippen LogP contribution in [0.25, 0.3) is 0 Å². The molecule has 0 aromatic heterocycles. The summed E-state index contributed by atoms with van der Waals surface area (Å²) in [4.78, 5) is 2.50. The van der Waals surface area contributed by atoms with Crippen LogP contribution in [0.15, 0.2) is 12.7 Å². The van der Waals surface area contributed by atoms with Gasteiger partial charge in [0.25, 0.3) is 0 Å². The molecule has 0 saturated heterocycles. The minimum Gasteiger partial charge on any atom is -0.313 e. The maximum atomic E-state index is 3.84. The van der Waals surface area contributed by atoms with Gasteiger partial charge in [0.15, 0.2) is 0 Å². The third kappa shape index (κ3) is 5.66. The SMILES string of the molecule is C=CCN(CCC)CC(C)(C)CNC1CC1. The van der Waals surface area contributed by atoms with Gasteiger partial charge in [-0.05, 0) is 31.2 Å². The summed E-state index contributed by atoms with van der Waals surface area (Å²) < 4.78 is 0. The first kappa shape index (κ1) is 13.7. The van der Waals surface area contributed by atoms with Crippen molar-refractivity contribution in [3.63, 3.8) is 0 Å². The van der Waals surface area contributed by atoms with Crippen LogP contribution in [-0.2, 0) is 0 Å². The molecule has 0 bridgehead atoms. The minimum absolute atomic E-state index is 0.362. The Bertz CT molecular complexity index is 207. The molecule has 2 heteroatoms. The van der Waals surface area contributed by atoms with E-state index in [1.807, 2.05) is 6.08 Å². The lowest BCUT2D eigenvalue weighted by Gasteiger charge is -2.32. The Kier molecular flexibility index (Phi) is 5.50. The van der Waals surface area contributed by atoms with Crippen molar-refractivity contribution >= 4 is 0 Å². The van der Waals surface area contributed by atoms with E-state index in [4.69, 9.17) is 0 Å². The molecule has 1 aliphatic rings. The van der Waals surface area contributed by atoms with E-state index in [1.165, 1.54) is 25.8 Å². The summed E-state index contributed by atoms with van der Waals surface area (Å²) >= 11 is 0. The van der Waals surface area contributed by atoms with Crippen LogP contribution < -0.4 is 5.32 Å². The van der Waals surface area contributed by atoms with Crippen LogP contribution in [0.2, 0.25) is 0 Å². The van der Waals surface area contributed by atoms with Crippen LogP contribution >= 0.6 is 0 Å². The van der Waals surface area contributed by atoms with Gasteiger partial charge in [0, 0.05) is 25.7 Å². The zero-order valence-electron chi connectivity index (χ0n) is 11.3. The van der Waals surface area contributed by atoms with Crippen molar-refractivity contribution in [1.29, 1.82) is 0 Å². The summed E-state index contributed by atoms with van der Waals surface area (Å²) in [6, 6.07) is 0.818. The number of hydrogen-bond acceptors (Lipinski definition) is 2. The molecule has 0 spiro atoms. The van der Waals surface area contributed by atoms with E-state index in [1.54, 1.807) is 0 Å². The standard InChI is InChI=1S/C14H28N2/c1-5-9-16(10-6-2)12-14(3,4)11-15-13-7-8-13/h5,13,15H,1,6-12H2,2-4H3. The van der Waals surface area contributed by atoms with Crippen molar-refractivity contribution in [1.82, 2.24) is 10.2 Å². The van der Waals surface area contributed by atoms with Crippen LogP contribution in [0, 0.1) is 5.41 Å². The molecule has 16 heavy (non-hydrogen) atoms. The zero-order valence-corrected chi connectivity index (χ0v) is 11.3. The molecule has 1 rings (SSSR count). The molecule has 0 heterocycles. The molecule has 0 aromatic carbocycles. The second-order valence-corrected chi connectivity index (χ2v) is 5.84. The Balaban J connectivity index is 2.29. The zero-order chi connectivity index (χ0) is 12.0.